The minimum atomic E-state index is -0.385. The number of nitrogens with one attached hydrogen (secondary N) is 1. The maximum Gasteiger partial charge on any atom is 0.262 e. The zero-order valence-electron chi connectivity index (χ0n) is 10.4. The maximum atomic E-state index is 11.3. The van der Waals surface area contributed by atoms with E-state index < -0.39 is 0 Å². The van der Waals surface area contributed by atoms with Gasteiger partial charge in [-0.15, -0.1) is 0 Å². The molecule has 0 saturated heterocycles. The molecule has 0 spiro atoms. The van der Waals surface area contributed by atoms with E-state index in [4.69, 9.17) is 5.21 Å². The lowest BCUT2D eigenvalue weighted by Gasteiger charge is -2.30. The summed E-state index contributed by atoms with van der Waals surface area (Å²) in [4.78, 5) is 13.4. The Kier molecular flexibility index (Phi) is 2.83. The lowest BCUT2D eigenvalue weighted by molar-refractivity contribution is -0.127. The summed E-state index contributed by atoms with van der Waals surface area (Å²) in [6.07, 6.45) is 0. The maximum absolute atomic E-state index is 11.3. The summed E-state index contributed by atoms with van der Waals surface area (Å²) in [5.74, 6) is -0.385. The van der Waals surface area contributed by atoms with E-state index >= 15 is 0 Å². The third-order valence-corrected chi connectivity index (χ3v) is 3.86. The van der Waals surface area contributed by atoms with Crippen LogP contribution in [0.3, 0.4) is 0 Å². The number of hydroxylamine groups is 1. The Labute approximate surface area is 101 Å². The fourth-order valence-electron chi connectivity index (χ4n) is 2.50. The van der Waals surface area contributed by atoms with Gasteiger partial charge in [-0.05, 0) is 18.6 Å². The average molecular weight is 234 g/mol. The highest BCUT2D eigenvalue weighted by Gasteiger charge is 2.41. The van der Waals surface area contributed by atoms with E-state index in [1.165, 1.54) is 5.56 Å². The number of amides is 1. The Morgan fingerprint density at radius 2 is 2.12 bits per heavy atom. The van der Waals surface area contributed by atoms with Gasteiger partial charge in [0, 0.05) is 17.1 Å². The van der Waals surface area contributed by atoms with Crippen molar-refractivity contribution < 1.29 is 10.0 Å². The van der Waals surface area contributed by atoms with Crippen molar-refractivity contribution in [3.05, 3.63) is 29.8 Å². The molecule has 1 aliphatic rings. The number of carbonyl (C=O) groups is 1. The minimum absolute atomic E-state index is 0.00628. The Morgan fingerprint density at radius 1 is 1.47 bits per heavy atom. The van der Waals surface area contributed by atoms with Gasteiger partial charge in [-0.25, -0.2) is 5.48 Å². The van der Waals surface area contributed by atoms with Crippen LogP contribution in [0.2, 0.25) is 0 Å². The van der Waals surface area contributed by atoms with E-state index in [1.807, 2.05) is 23.1 Å². The molecular weight excluding hydrogens is 216 g/mol. The molecule has 1 amide bonds. The van der Waals surface area contributed by atoms with Crippen LogP contribution in [0.4, 0.5) is 5.69 Å². The van der Waals surface area contributed by atoms with Crippen LogP contribution in [0.1, 0.15) is 26.3 Å². The smallest absolute Gasteiger partial charge is 0.262 e. The van der Waals surface area contributed by atoms with Crippen LogP contribution < -0.4 is 10.4 Å². The predicted molar refractivity (Wildman–Crippen MR) is 66.2 cm³/mol. The highest BCUT2D eigenvalue weighted by Crippen LogP contribution is 2.44. The van der Waals surface area contributed by atoms with E-state index in [0.717, 1.165) is 5.69 Å². The molecule has 1 atom stereocenters. The first-order valence-electron chi connectivity index (χ1n) is 5.77. The summed E-state index contributed by atoms with van der Waals surface area (Å²) in [5, 5.41) is 8.63. The third kappa shape index (κ3) is 1.78. The number of benzene rings is 1. The SMILES string of the molecule is CC1N(CC(=O)NO)c2ccccc2C1(C)C. The van der Waals surface area contributed by atoms with Crippen LogP contribution in [0.15, 0.2) is 24.3 Å². The molecule has 92 valence electrons. The van der Waals surface area contributed by atoms with Gasteiger partial charge in [-0.2, -0.15) is 0 Å². The molecule has 0 aromatic heterocycles. The highest BCUT2D eigenvalue weighted by molar-refractivity contribution is 5.82. The molecule has 1 aromatic rings. The summed E-state index contributed by atoms with van der Waals surface area (Å²) in [7, 11) is 0. The van der Waals surface area contributed by atoms with Gasteiger partial charge in [0.05, 0.1) is 6.54 Å². The number of para-hydroxylation sites is 1. The van der Waals surface area contributed by atoms with Gasteiger partial charge in [0.1, 0.15) is 0 Å². The first-order chi connectivity index (χ1) is 7.98. The van der Waals surface area contributed by atoms with Crippen molar-refractivity contribution in [3.63, 3.8) is 0 Å². The Bertz CT molecular complexity index is 443. The van der Waals surface area contributed by atoms with Crippen LogP contribution in [0.25, 0.3) is 0 Å². The van der Waals surface area contributed by atoms with Crippen molar-refractivity contribution in [2.75, 3.05) is 11.4 Å². The molecule has 2 N–H and O–H groups in total. The number of rotatable bonds is 2. The Balaban J connectivity index is 2.39. The molecule has 1 aromatic carbocycles. The number of nitrogens with zero attached hydrogens (tertiary/aromatic N) is 1. The quantitative estimate of drug-likeness (QED) is 0.604. The van der Waals surface area contributed by atoms with Crippen molar-refractivity contribution >= 4 is 11.6 Å². The van der Waals surface area contributed by atoms with Crippen LogP contribution >= 0.6 is 0 Å². The fourth-order valence-corrected chi connectivity index (χ4v) is 2.50. The number of anilines is 1. The second-order valence-electron chi connectivity index (χ2n) is 5.08. The molecule has 0 radical (unpaired) electrons. The lowest BCUT2D eigenvalue weighted by Crippen LogP contribution is -2.44. The van der Waals surface area contributed by atoms with E-state index in [0.29, 0.717) is 0 Å². The number of fused-ring (bicyclic) bond motifs is 1. The fraction of sp³-hybridized carbons (Fsp3) is 0.462. The number of carbonyl (C=O) groups excluding carboxylic acids is 1. The second-order valence-corrected chi connectivity index (χ2v) is 5.08. The number of hydrogen-bond acceptors (Lipinski definition) is 3. The average Bonchev–Trinajstić information content (AvgIpc) is 2.51. The van der Waals surface area contributed by atoms with Gasteiger partial charge >= 0.3 is 0 Å². The normalized spacial score (nSPS) is 21.2. The summed E-state index contributed by atoms with van der Waals surface area (Å²) in [6.45, 7) is 6.63. The summed E-state index contributed by atoms with van der Waals surface area (Å²) in [6, 6.07) is 8.32. The molecule has 4 nitrogen and oxygen atoms in total. The van der Waals surface area contributed by atoms with Gasteiger partial charge in [0.25, 0.3) is 5.91 Å². The molecular formula is C13H18N2O2. The molecule has 0 bridgehead atoms. The molecule has 1 heterocycles. The van der Waals surface area contributed by atoms with Crippen molar-refractivity contribution in [2.24, 2.45) is 0 Å². The van der Waals surface area contributed by atoms with Crippen LogP contribution in [-0.2, 0) is 10.2 Å². The van der Waals surface area contributed by atoms with Crippen molar-refractivity contribution in [1.29, 1.82) is 0 Å². The molecule has 0 saturated carbocycles. The second kappa shape index (κ2) is 4.04. The van der Waals surface area contributed by atoms with E-state index in [-0.39, 0.29) is 23.9 Å². The van der Waals surface area contributed by atoms with Crippen molar-refractivity contribution in [2.45, 2.75) is 32.2 Å². The number of hydrogen-bond donors (Lipinski definition) is 2. The predicted octanol–water partition coefficient (Wildman–Crippen LogP) is 1.68. The van der Waals surface area contributed by atoms with E-state index in [1.54, 1.807) is 5.48 Å². The van der Waals surface area contributed by atoms with Gasteiger partial charge in [-0.3, -0.25) is 10.0 Å². The molecule has 0 fully saturated rings. The largest absolute Gasteiger partial charge is 0.358 e. The highest BCUT2D eigenvalue weighted by atomic mass is 16.5. The molecule has 1 aliphatic heterocycles. The Hall–Kier alpha value is -1.55. The van der Waals surface area contributed by atoms with Gasteiger partial charge in [0.2, 0.25) is 0 Å². The molecule has 4 heteroatoms. The summed E-state index contributed by atoms with van der Waals surface area (Å²) in [5.41, 5.74) is 4.02. The van der Waals surface area contributed by atoms with Crippen LogP contribution in [0, 0.1) is 0 Å². The zero-order chi connectivity index (χ0) is 12.6. The van der Waals surface area contributed by atoms with Crippen molar-refractivity contribution in [1.82, 2.24) is 5.48 Å². The van der Waals surface area contributed by atoms with Crippen LogP contribution in [0.5, 0.6) is 0 Å². The standard InChI is InChI=1S/C13H18N2O2/c1-9-13(2,3)10-6-4-5-7-11(10)15(9)8-12(16)14-17/h4-7,9,17H,8H2,1-3H3,(H,14,16). The Morgan fingerprint density at radius 3 is 2.76 bits per heavy atom. The summed E-state index contributed by atoms with van der Waals surface area (Å²) >= 11 is 0. The molecule has 0 aliphatic carbocycles. The van der Waals surface area contributed by atoms with Crippen LogP contribution in [-0.4, -0.2) is 23.7 Å². The first kappa shape index (κ1) is 11.9. The third-order valence-electron chi connectivity index (χ3n) is 3.86. The van der Waals surface area contributed by atoms with E-state index in [9.17, 15) is 4.79 Å². The monoisotopic (exact) mass is 234 g/mol. The first-order valence-corrected chi connectivity index (χ1v) is 5.77. The zero-order valence-corrected chi connectivity index (χ0v) is 10.4. The van der Waals surface area contributed by atoms with E-state index in [2.05, 4.69) is 26.8 Å². The lowest BCUT2D eigenvalue weighted by atomic mass is 9.81. The van der Waals surface area contributed by atoms with Crippen molar-refractivity contribution in [3.8, 4) is 0 Å². The van der Waals surface area contributed by atoms with Gasteiger partial charge in [0.15, 0.2) is 0 Å². The molecule has 17 heavy (non-hydrogen) atoms. The minimum Gasteiger partial charge on any atom is -0.358 e. The molecule has 1 unspecified atom stereocenters. The summed E-state index contributed by atoms with van der Waals surface area (Å²) < 4.78 is 0. The topological polar surface area (TPSA) is 52.6 Å². The van der Waals surface area contributed by atoms with Gasteiger partial charge < -0.3 is 4.90 Å². The molecule has 2 rings (SSSR count). The van der Waals surface area contributed by atoms with Gasteiger partial charge in [-0.1, -0.05) is 32.0 Å².